The molecule has 2 rings (SSSR count). The molecular formula is C11H9BrN2. The summed E-state index contributed by atoms with van der Waals surface area (Å²) >= 11 is 3.49. The van der Waals surface area contributed by atoms with Crippen LogP contribution in [0.15, 0.2) is 22.7 Å². The molecule has 0 aliphatic heterocycles. The van der Waals surface area contributed by atoms with Crippen molar-refractivity contribution in [3.63, 3.8) is 0 Å². The fourth-order valence-corrected chi connectivity index (χ4v) is 2.12. The van der Waals surface area contributed by atoms with Crippen LogP contribution < -0.4 is 0 Å². The van der Waals surface area contributed by atoms with Gasteiger partial charge in [0.15, 0.2) is 0 Å². The number of para-hydroxylation sites is 1. The lowest BCUT2D eigenvalue weighted by molar-refractivity contribution is 1.19. The van der Waals surface area contributed by atoms with Crippen LogP contribution in [0.2, 0.25) is 0 Å². The second-order valence-corrected chi connectivity index (χ2v) is 4.06. The molecule has 2 aromatic rings. The SMILES string of the molecule is [C-]#[N+]Cc1c(C)[nH]c2c(Br)cccc12. The van der Waals surface area contributed by atoms with E-state index in [4.69, 9.17) is 6.57 Å². The fourth-order valence-electron chi connectivity index (χ4n) is 1.65. The number of aromatic amines is 1. The average molecular weight is 249 g/mol. The largest absolute Gasteiger partial charge is 0.357 e. The van der Waals surface area contributed by atoms with E-state index in [0.717, 1.165) is 26.6 Å². The number of rotatable bonds is 1. The summed E-state index contributed by atoms with van der Waals surface area (Å²) in [6.45, 7) is 9.36. The van der Waals surface area contributed by atoms with E-state index >= 15 is 0 Å². The summed E-state index contributed by atoms with van der Waals surface area (Å²) in [5.41, 5.74) is 3.28. The maximum atomic E-state index is 6.90. The van der Waals surface area contributed by atoms with Gasteiger partial charge < -0.3 is 9.83 Å². The molecule has 1 heterocycles. The van der Waals surface area contributed by atoms with Crippen LogP contribution >= 0.6 is 15.9 Å². The summed E-state index contributed by atoms with van der Waals surface area (Å²) in [4.78, 5) is 6.72. The molecule has 0 bridgehead atoms. The van der Waals surface area contributed by atoms with Crippen molar-refractivity contribution < 1.29 is 0 Å². The Bertz CT molecular complexity index is 520. The molecule has 1 aromatic carbocycles. The minimum Gasteiger partial charge on any atom is -0.357 e. The van der Waals surface area contributed by atoms with Crippen LogP contribution in [0.1, 0.15) is 11.3 Å². The van der Waals surface area contributed by atoms with Gasteiger partial charge in [0, 0.05) is 15.6 Å². The molecule has 0 atom stereocenters. The Labute approximate surface area is 90.9 Å². The topological polar surface area (TPSA) is 20.1 Å². The van der Waals surface area contributed by atoms with Crippen LogP contribution in [0.25, 0.3) is 15.7 Å². The highest BCUT2D eigenvalue weighted by molar-refractivity contribution is 9.10. The second-order valence-electron chi connectivity index (χ2n) is 3.21. The van der Waals surface area contributed by atoms with E-state index in [0.29, 0.717) is 6.54 Å². The summed E-state index contributed by atoms with van der Waals surface area (Å²) in [5.74, 6) is 0. The fraction of sp³-hybridized carbons (Fsp3) is 0.182. The molecule has 0 aliphatic rings. The van der Waals surface area contributed by atoms with Gasteiger partial charge in [-0.05, 0) is 28.9 Å². The highest BCUT2D eigenvalue weighted by Crippen LogP contribution is 2.28. The van der Waals surface area contributed by atoms with Gasteiger partial charge in [0.05, 0.1) is 11.1 Å². The minimum absolute atomic E-state index is 0.447. The van der Waals surface area contributed by atoms with Crippen LogP contribution in [0.3, 0.4) is 0 Å². The molecule has 1 aromatic heterocycles. The Hall–Kier alpha value is -1.27. The standard InChI is InChI=1S/C11H9BrN2/c1-7-9(6-13-2)8-4-3-5-10(12)11(8)14-7/h3-5,14H,6H2,1H3. The summed E-state index contributed by atoms with van der Waals surface area (Å²) in [5, 5.41) is 1.15. The quantitative estimate of drug-likeness (QED) is 0.744. The normalized spacial score (nSPS) is 10.4. The first-order valence-corrected chi connectivity index (χ1v) is 5.12. The molecule has 0 fully saturated rings. The molecule has 0 amide bonds. The molecule has 0 saturated heterocycles. The van der Waals surface area contributed by atoms with E-state index in [1.165, 1.54) is 0 Å². The van der Waals surface area contributed by atoms with Crippen molar-refractivity contribution in [2.24, 2.45) is 0 Å². The van der Waals surface area contributed by atoms with Gasteiger partial charge in [0.1, 0.15) is 0 Å². The molecule has 0 radical (unpaired) electrons. The van der Waals surface area contributed by atoms with Crippen molar-refractivity contribution >= 4 is 26.8 Å². The van der Waals surface area contributed by atoms with Crippen LogP contribution in [0, 0.1) is 13.5 Å². The number of hydrogen-bond donors (Lipinski definition) is 1. The highest BCUT2D eigenvalue weighted by atomic mass is 79.9. The third-order valence-electron chi connectivity index (χ3n) is 2.34. The van der Waals surface area contributed by atoms with Crippen LogP contribution in [0.4, 0.5) is 0 Å². The minimum atomic E-state index is 0.447. The Morgan fingerprint density at radius 3 is 3.00 bits per heavy atom. The summed E-state index contributed by atoms with van der Waals surface area (Å²) in [6.07, 6.45) is 0. The van der Waals surface area contributed by atoms with Gasteiger partial charge in [0.25, 0.3) is 0 Å². The summed E-state index contributed by atoms with van der Waals surface area (Å²) < 4.78 is 1.05. The molecule has 0 spiro atoms. The second kappa shape index (κ2) is 3.47. The lowest BCUT2D eigenvalue weighted by Gasteiger charge is -1.93. The van der Waals surface area contributed by atoms with Crippen molar-refractivity contribution in [1.29, 1.82) is 0 Å². The molecule has 1 N–H and O–H groups in total. The summed E-state index contributed by atoms with van der Waals surface area (Å²) in [7, 11) is 0. The summed E-state index contributed by atoms with van der Waals surface area (Å²) in [6, 6.07) is 6.04. The lowest BCUT2D eigenvalue weighted by atomic mass is 10.1. The molecule has 0 aliphatic carbocycles. The highest BCUT2D eigenvalue weighted by Gasteiger charge is 2.11. The zero-order valence-electron chi connectivity index (χ0n) is 7.76. The van der Waals surface area contributed by atoms with Crippen LogP contribution in [0.5, 0.6) is 0 Å². The number of hydrogen-bond acceptors (Lipinski definition) is 0. The lowest BCUT2D eigenvalue weighted by Crippen LogP contribution is -1.79. The van der Waals surface area contributed by atoms with E-state index < -0.39 is 0 Å². The first kappa shape index (κ1) is 9.29. The van der Waals surface area contributed by atoms with E-state index in [1.54, 1.807) is 0 Å². The maximum Gasteiger partial charge on any atom is 0.242 e. The maximum absolute atomic E-state index is 6.90. The monoisotopic (exact) mass is 248 g/mol. The zero-order valence-corrected chi connectivity index (χ0v) is 9.35. The number of benzene rings is 1. The van der Waals surface area contributed by atoms with Crippen LogP contribution in [-0.2, 0) is 6.54 Å². The number of halogens is 1. The van der Waals surface area contributed by atoms with Crippen molar-refractivity contribution in [2.45, 2.75) is 13.5 Å². The Balaban J connectivity index is 2.78. The zero-order chi connectivity index (χ0) is 10.1. The first-order chi connectivity index (χ1) is 6.74. The number of nitrogens with one attached hydrogen (secondary N) is 1. The number of aromatic nitrogens is 1. The Morgan fingerprint density at radius 2 is 2.29 bits per heavy atom. The van der Waals surface area contributed by atoms with Gasteiger partial charge in [-0.25, -0.2) is 6.57 Å². The van der Waals surface area contributed by atoms with E-state index in [-0.39, 0.29) is 0 Å². The molecule has 70 valence electrons. The van der Waals surface area contributed by atoms with Gasteiger partial charge in [-0.2, -0.15) is 0 Å². The van der Waals surface area contributed by atoms with E-state index in [9.17, 15) is 0 Å². The molecule has 2 nitrogen and oxygen atoms in total. The smallest absolute Gasteiger partial charge is 0.242 e. The Kier molecular flexibility index (Phi) is 2.30. The molecule has 14 heavy (non-hydrogen) atoms. The average Bonchev–Trinajstić information content (AvgIpc) is 2.47. The molecule has 0 saturated carbocycles. The third-order valence-corrected chi connectivity index (χ3v) is 3.00. The van der Waals surface area contributed by atoms with Crippen molar-refractivity contribution in [3.05, 3.63) is 45.3 Å². The van der Waals surface area contributed by atoms with Gasteiger partial charge in [-0.15, -0.1) is 0 Å². The number of H-pyrrole nitrogens is 1. The van der Waals surface area contributed by atoms with Crippen molar-refractivity contribution in [1.82, 2.24) is 4.98 Å². The molecular weight excluding hydrogens is 240 g/mol. The van der Waals surface area contributed by atoms with Gasteiger partial charge in [-0.1, -0.05) is 12.1 Å². The van der Waals surface area contributed by atoms with Gasteiger partial charge >= 0.3 is 0 Å². The number of nitrogens with zero attached hydrogens (tertiary/aromatic N) is 1. The predicted molar refractivity (Wildman–Crippen MR) is 61.0 cm³/mol. The van der Waals surface area contributed by atoms with Gasteiger partial charge in [-0.3, -0.25) is 0 Å². The number of fused-ring (bicyclic) bond motifs is 1. The van der Waals surface area contributed by atoms with Crippen molar-refractivity contribution in [3.8, 4) is 0 Å². The first-order valence-electron chi connectivity index (χ1n) is 4.33. The van der Waals surface area contributed by atoms with Crippen LogP contribution in [-0.4, -0.2) is 4.98 Å². The predicted octanol–water partition coefficient (Wildman–Crippen LogP) is 3.66. The molecule has 0 unspecified atom stereocenters. The van der Waals surface area contributed by atoms with Crippen molar-refractivity contribution in [2.75, 3.05) is 0 Å². The Morgan fingerprint density at radius 1 is 1.50 bits per heavy atom. The van der Waals surface area contributed by atoms with Gasteiger partial charge in [0.2, 0.25) is 6.54 Å². The van der Waals surface area contributed by atoms with E-state index in [2.05, 4.69) is 25.8 Å². The molecule has 3 heteroatoms. The van der Waals surface area contributed by atoms with E-state index in [1.807, 2.05) is 25.1 Å². The number of aryl methyl sites for hydroxylation is 1. The third kappa shape index (κ3) is 1.32.